The number of H-pyrrole nitrogens is 1. The zero-order valence-electron chi connectivity index (χ0n) is 12.4. The molecule has 1 aromatic carbocycles. The number of rotatable bonds is 4. The number of aromatic nitrogens is 4. The van der Waals surface area contributed by atoms with E-state index in [1.54, 1.807) is 24.4 Å². The molecule has 120 valence electrons. The molecule has 2 aromatic heterocycles. The van der Waals surface area contributed by atoms with E-state index in [1.165, 1.54) is 0 Å². The highest BCUT2D eigenvalue weighted by Crippen LogP contribution is 2.11. The van der Waals surface area contributed by atoms with Crippen LogP contribution < -0.4 is 10.9 Å². The van der Waals surface area contributed by atoms with Crippen molar-refractivity contribution in [1.82, 2.24) is 25.5 Å². The minimum absolute atomic E-state index is 0.212. The van der Waals surface area contributed by atoms with E-state index in [-0.39, 0.29) is 18.1 Å². The number of hydrogen-bond acceptors (Lipinski definition) is 5. The van der Waals surface area contributed by atoms with Gasteiger partial charge in [-0.3, -0.25) is 14.6 Å². The summed E-state index contributed by atoms with van der Waals surface area (Å²) < 4.78 is 0.909. The SMILES string of the molecule is O=C(NCc1cccc(Br)c1)c1nnc(-c2ccccn2)[nH]c1=O. The molecule has 8 heteroatoms. The fourth-order valence-corrected chi connectivity index (χ4v) is 2.46. The molecule has 24 heavy (non-hydrogen) atoms. The van der Waals surface area contributed by atoms with Crippen molar-refractivity contribution in [3.8, 4) is 11.5 Å². The summed E-state index contributed by atoms with van der Waals surface area (Å²) in [5, 5.41) is 10.2. The lowest BCUT2D eigenvalue weighted by atomic mass is 10.2. The molecule has 7 nitrogen and oxygen atoms in total. The quantitative estimate of drug-likeness (QED) is 0.714. The van der Waals surface area contributed by atoms with Gasteiger partial charge in [0.2, 0.25) is 5.69 Å². The normalized spacial score (nSPS) is 10.4. The molecule has 0 spiro atoms. The van der Waals surface area contributed by atoms with Gasteiger partial charge in [0, 0.05) is 17.2 Å². The van der Waals surface area contributed by atoms with E-state index in [1.807, 2.05) is 24.3 Å². The zero-order valence-corrected chi connectivity index (χ0v) is 13.9. The van der Waals surface area contributed by atoms with Gasteiger partial charge in [-0.15, -0.1) is 10.2 Å². The van der Waals surface area contributed by atoms with Crippen molar-refractivity contribution in [2.75, 3.05) is 0 Å². The summed E-state index contributed by atoms with van der Waals surface area (Å²) in [6.45, 7) is 0.279. The van der Waals surface area contributed by atoms with Crippen LogP contribution in [0.25, 0.3) is 11.5 Å². The van der Waals surface area contributed by atoms with Crippen molar-refractivity contribution in [1.29, 1.82) is 0 Å². The maximum atomic E-state index is 12.1. The zero-order chi connectivity index (χ0) is 16.9. The van der Waals surface area contributed by atoms with Crippen LogP contribution in [0.4, 0.5) is 0 Å². The van der Waals surface area contributed by atoms with Crippen LogP contribution in [0.15, 0.2) is 57.9 Å². The number of nitrogens with one attached hydrogen (secondary N) is 2. The average molecular weight is 386 g/mol. The summed E-state index contributed by atoms with van der Waals surface area (Å²) in [5.74, 6) is -0.375. The largest absolute Gasteiger partial charge is 0.346 e. The summed E-state index contributed by atoms with van der Waals surface area (Å²) in [4.78, 5) is 30.8. The summed E-state index contributed by atoms with van der Waals surface area (Å²) >= 11 is 3.36. The van der Waals surface area contributed by atoms with E-state index in [2.05, 4.69) is 41.4 Å². The van der Waals surface area contributed by atoms with Crippen LogP contribution in [0, 0.1) is 0 Å². The van der Waals surface area contributed by atoms with Crippen LogP contribution in [-0.4, -0.2) is 26.1 Å². The molecule has 1 amide bonds. The second-order valence-electron chi connectivity index (χ2n) is 4.88. The summed E-state index contributed by atoms with van der Waals surface area (Å²) in [5.41, 5.74) is 0.470. The van der Waals surface area contributed by atoms with Gasteiger partial charge in [0.25, 0.3) is 11.5 Å². The highest BCUT2D eigenvalue weighted by Gasteiger charge is 2.14. The predicted molar refractivity (Wildman–Crippen MR) is 91.2 cm³/mol. The molecule has 0 aliphatic carbocycles. The Morgan fingerprint density at radius 2 is 2.04 bits per heavy atom. The van der Waals surface area contributed by atoms with E-state index < -0.39 is 11.5 Å². The standard InChI is InChI=1S/C16H12BrN5O2/c17-11-5-3-4-10(8-11)9-19-15(23)13-16(24)20-14(22-21-13)12-6-1-2-7-18-12/h1-8H,9H2,(H,19,23)(H,20,22,24). The molecule has 0 fully saturated rings. The lowest BCUT2D eigenvalue weighted by Crippen LogP contribution is -2.31. The first-order chi connectivity index (χ1) is 11.6. The van der Waals surface area contributed by atoms with Gasteiger partial charge < -0.3 is 10.3 Å². The highest BCUT2D eigenvalue weighted by molar-refractivity contribution is 9.10. The molecule has 0 saturated heterocycles. The molecule has 2 heterocycles. The summed E-state index contributed by atoms with van der Waals surface area (Å²) in [6.07, 6.45) is 1.58. The van der Waals surface area contributed by atoms with Crippen molar-refractivity contribution < 1.29 is 4.79 Å². The molecule has 0 atom stereocenters. The molecule has 0 aliphatic rings. The van der Waals surface area contributed by atoms with Crippen LogP contribution in [-0.2, 0) is 6.54 Å². The number of amides is 1. The molecular weight excluding hydrogens is 374 g/mol. The van der Waals surface area contributed by atoms with Gasteiger partial charge in [-0.05, 0) is 29.8 Å². The minimum Gasteiger partial charge on any atom is -0.346 e. The molecular formula is C16H12BrN5O2. The van der Waals surface area contributed by atoms with Crippen molar-refractivity contribution in [3.05, 3.63) is 74.7 Å². The third-order valence-electron chi connectivity index (χ3n) is 3.16. The molecule has 0 saturated carbocycles. The Kier molecular flexibility index (Phi) is 4.76. The number of aromatic amines is 1. The first-order valence-electron chi connectivity index (χ1n) is 7.04. The van der Waals surface area contributed by atoms with Crippen molar-refractivity contribution in [2.24, 2.45) is 0 Å². The van der Waals surface area contributed by atoms with Gasteiger partial charge in [0.15, 0.2) is 5.82 Å². The summed E-state index contributed by atoms with van der Waals surface area (Å²) in [6, 6.07) is 12.7. The molecule has 0 radical (unpaired) electrons. The summed E-state index contributed by atoms with van der Waals surface area (Å²) in [7, 11) is 0. The number of carbonyl (C=O) groups is 1. The first-order valence-corrected chi connectivity index (χ1v) is 7.84. The number of nitrogens with zero attached hydrogens (tertiary/aromatic N) is 3. The third kappa shape index (κ3) is 3.72. The molecule has 3 rings (SSSR count). The number of carbonyl (C=O) groups excluding carboxylic acids is 1. The lowest BCUT2D eigenvalue weighted by molar-refractivity contribution is 0.0943. The Bertz CT molecular complexity index is 927. The third-order valence-corrected chi connectivity index (χ3v) is 3.65. The second kappa shape index (κ2) is 7.14. The van der Waals surface area contributed by atoms with Gasteiger partial charge in [-0.1, -0.05) is 34.1 Å². The highest BCUT2D eigenvalue weighted by atomic mass is 79.9. The number of halogens is 1. The first kappa shape index (κ1) is 16.0. The average Bonchev–Trinajstić information content (AvgIpc) is 2.60. The Morgan fingerprint density at radius 3 is 2.75 bits per heavy atom. The van der Waals surface area contributed by atoms with E-state index in [0.29, 0.717) is 5.69 Å². The number of benzene rings is 1. The van der Waals surface area contributed by atoms with Gasteiger partial charge in [0.05, 0.1) is 0 Å². The van der Waals surface area contributed by atoms with Crippen LogP contribution in [0.1, 0.15) is 16.1 Å². The molecule has 0 bridgehead atoms. The van der Waals surface area contributed by atoms with Crippen LogP contribution in [0.5, 0.6) is 0 Å². The molecule has 2 N–H and O–H groups in total. The Hall–Kier alpha value is -2.87. The van der Waals surface area contributed by atoms with Crippen LogP contribution >= 0.6 is 15.9 Å². The fraction of sp³-hybridized carbons (Fsp3) is 0.0625. The predicted octanol–water partition coefficient (Wildman–Crippen LogP) is 1.92. The molecule has 0 aliphatic heterocycles. The van der Waals surface area contributed by atoms with Gasteiger partial charge in [0.1, 0.15) is 5.69 Å². The van der Waals surface area contributed by atoms with Crippen molar-refractivity contribution >= 4 is 21.8 Å². The number of pyridine rings is 1. The van der Waals surface area contributed by atoms with E-state index in [0.717, 1.165) is 10.0 Å². The monoisotopic (exact) mass is 385 g/mol. The van der Waals surface area contributed by atoms with Crippen LogP contribution in [0.3, 0.4) is 0 Å². The molecule has 0 unspecified atom stereocenters. The number of hydrogen-bond donors (Lipinski definition) is 2. The topological polar surface area (TPSA) is 101 Å². The van der Waals surface area contributed by atoms with E-state index in [4.69, 9.17) is 0 Å². The van der Waals surface area contributed by atoms with Gasteiger partial charge in [-0.25, -0.2) is 0 Å². The minimum atomic E-state index is -0.614. The fourth-order valence-electron chi connectivity index (χ4n) is 2.02. The molecule has 3 aromatic rings. The Labute approximate surface area is 145 Å². The Morgan fingerprint density at radius 1 is 1.17 bits per heavy atom. The van der Waals surface area contributed by atoms with Crippen molar-refractivity contribution in [3.63, 3.8) is 0 Å². The van der Waals surface area contributed by atoms with Gasteiger partial charge >= 0.3 is 0 Å². The van der Waals surface area contributed by atoms with Gasteiger partial charge in [-0.2, -0.15) is 0 Å². The van der Waals surface area contributed by atoms with Crippen LogP contribution in [0.2, 0.25) is 0 Å². The lowest BCUT2D eigenvalue weighted by Gasteiger charge is -2.05. The van der Waals surface area contributed by atoms with Crippen molar-refractivity contribution in [2.45, 2.75) is 6.54 Å². The maximum Gasteiger partial charge on any atom is 0.283 e. The smallest absolute Gasteiger partial charge is 0.283 e. The maximum absolute atomic E-state index is 12.1. The Balaban J connectivity index is 1.75. The van der Waals surface area contributed by atoms with E-state index >= 15 is 0 Å². The second-order valence-corrected chi connectivity index (χ2v) is 5.79. The van der Waals surface area contributed by atoms with E-state index in [9.17, 15) is 9.59 Å².